The average molecular weight is 710 g/mol. The third-order valence-corrected chi connectivity index (χ3v) is 9.41. The molecule has 0 aliphatic heterocycles. The summed E-state index contributed by atoms with van der Waals surface area (Å²) in [5.74, 6) is -20.1. The van der Waals surface area contributed by atoms with Crippen molar-refractivity contribution < 1.29 is 76.6 Å². The first-order valence-electron chi connectivity index (χ1n) is 14.9. The van der Waals surface area contributed by atoms with E-state index in [1.54, 1.807) is 30.3 Å². The van der Waals surface area contributed by atoms with Crippen LogP contribution in [0.3, 0.4) is 0 Å². The molecule has 0 fully saturated rings. The number of aromatic hydroxyl groups is 15. The second kappa shape index (κ2) is 10.1. The van der Waals surface area contributed by atoms with Crippen LogP contribution in [0.5, 0.6) is 86.2 Å². The molecule has 8 rings (SSSR count). The molecule has 16 nitrogen and oxygen atoms in total. The van der Waals surface area contributed by atoms with Crippen LogP contribution in [-0.4, -0.2) is 81.6 Å². The highest BCUT2D eigenvalue weighted by Crippen LogP contribution is 2.66. The third-order valence-electron chi connectivity index (χ3n) is 9.41. The van der Waals surface area contributed by atoms with E-state index in [2.05, 4.69) is 4.98 Å². The molecule has 0 aliphatic rings. The number of nitrogens with one attached hydrogen (secondary N) is 1. The molecule has 0 unspecified atom stereocenters. The zero-order valence-corrected chi connectivity index (χ0v) is 25.7. The maximum absolute atomic E-state index is 11.7. The summed E-state index contributed by atoms with van der Waals surface area (Å²) in [4.78, 5) is 3.19. The molecule has 0 radical (unpaired) electrons. The molecule has 0 saturated heterocycles. The average Bonchev–Trinajstić information content (AvgIpc) is 3.52. The Balaban J connectivity index is 1.76. The second-order valence-electron chi connectivity index (χ2n) is 12.0. The minimum atomic E-state index is -1.43. The first-order valence-corrected chi connectivity index (χ1v) is 14.9. The number of aromatic nitrogens is 1. The van der Waals surface area contributed by atoms with Crippen molar-refractivity contribution in [2.24, 2.45) is 0 Å². The molecular formula is C36H23NO15. The van der Waals surface area contributed by atoms with Crippen LogP contribution in [0.15, 0.2) is 42.5 Å². The molecule has 8 aromatic rings. The van der Waals surface area contributed by atoms with Gasteiger partial charge in [-0.1, -0.05) is 30.3 Å². The summed E-state index contributed by atoms with van der Waals surface area (Å²) >= 11 is 0. The van der Waals surface area contributed by atoms with Gasteiger partial charge in [0.1, 0.15) is 5.75 Å². The van der Waals surface area contributed by atoms with Gasteiger partial charge >= 0.3 is 0 Å². The van der Waals surface area contributed by atoms with E-state index in [9.17, 15) is 76.6 Å². The number of aromatic amines is 1. The highest BCUT2D eigenvalue weighted by atomic mass is 16.4. The van der Waals surface area contributed by atoms with Crippen LogP contribution in [0, 0.1) is 0 Å². The quantitative estimate of drug-likeness (QED) is 0.0581. The number of benzene rings is 7. The lowest BCUT2D eigenvalue weighted by molar-refractivity contribution is 0.347. The SMILES string of the molecule is Oc1c(O)c(O)c2c(O)c(-c3c4c(O)c(O)c(O)c(O)c4c(-c4cccc5[nH]c6ccccc6c45)c4c(O)c(O)c(O)c(O)c34)c(O)c(O)c2c1O. The molecule has 16 heteroatoms. The van der Waals surface area contributed by atoms with Gasteiger partial charge in [0.05, 0.1) is 16.3 Å². The number of hydrogen-bond acceptors (Lipinski definition) is 15. The fourth-order valence-electron chi connectivity index (χ4n) is 7.12. The van der Waals surface area contributed by atoms with Crippen LogP contribution >= 0.6 is 0 Å². The van der Waals surface area contributed by atoms with E-state index in [4.69, 9.17) is 0 Å². The topological polar surface area (TPSA) is 319 Å². The molecule has 262 valence electrons. The molecule has 52 heavy (non-hydrogen) atoms. The van der Waals surface area contributed by atoms with E-state index < -0.39 is 130 Å². The van der Waals surface area contributed by atoms with Crippen LogP contribution in [-0.2, 0) is 0 Å². The van der Waals surface area contributed by atoms with E-state index in [0.717, 1.165) is 0 Å². The number of hydrogen-bond donors (Lipinski definition) is 16. The minimum absolute atomic E-state index is 0.0776. The Morgan fingerprint density at radius 1 is 0.269 bits per heavy atom. The maximum Gasteiger partial charge on any atom is 0.205 e. The lowest BCUT2D eigenvalue weighted by Gasteiger charge is -2.24. The summed E-state index contributed by atoms with van der Waals surface area (Å²) in [6, 6.07) is 11.6. The van der Waals surface area contributed by atoms with Crippen LogP contribution in [0.1, 0.15) is 0 Å². The van der Waals surface area contributed by atoms with Crippen LogP contribution in [0.4, 0.5) is 0 Å². The van der Waals surface area contributed by atoms with Gasteiger partial charge in [0.2, 0.25) is 34.5 Å². The van der Waals surface area contributed by atoms with Crippen molar-refractivity contribution in [1.29, 1.82) is 0 Å². The second-order valence-corrected chi connectivity index (χ2v) is 12.0. The van der Waals surface area contributed by atoms with Crippen LogP contribution in [0.2, 0.25) is 0 Å². The molecule has 16 N–H and O–H groups in total. The molecule has 0 amide bonds. The van der Waals surface area contributed by atoms with Gasteiger partial charge in [-0.3, -0.25) is 0 Å². The molecule has 0 bridgehead atoms. The zero-order chi connectivity index (χ0) is 37.4. The van der Waals surface area contributed by atoms with E-state index in [0.29, 0.717) is 21.8 Å². The molecule has 0 atom stereocenters. The Labute approximate surface area is 286 Å². The molecule has 7 aromatic carbocycles. The Kier molecular flexibility index (Phi) is 6.08. The molecule has 0 aliphatic carbocycles. The first-order chi connectivity index (χ1) is 24.6. The van der Waals surface area contributed by atoms with Crippen LogP contribution in [0.25, 0.3) is 76.4 Å². The molecule has 1 heterocycles. The van der Waals surface area contributed by atoms with E-state index in [-0.39, 0.29) is 11.1 Å². The lowest BCUT2D eigenvalue weighted by Crippen LogP contribution is -1.96. The number of para-hydroxylation sites is 1. The van der Waals surface area contributed by atoms with Gasteiger partial charge in [0, 0.05) is 54.5 Å². The van der Waals surface area contributed by atoms with E-state index in [1.165, 1.54) is 12.1 Å². The Hall–Kier alpha value is -7.88. The van der Waals surface area contributed by atoms with Crippen molar-refractivity contribution in [2.75, 3.05) is 0 Å². The number of fused-ring (bicyclic) bond motifs is 6. The van der Waals surface area contributed by atoms with Gasteiger partial charge < -0.3 is 81.6 Å². The smallest absolute Gasteiger partial charge is 0.205 e. The monoisotopic (exact) mass is 709 g/mol. The number of rotatable bonds is 2. The Bertz CT molecular complexity index is 2890. The minimum Gasteiger partial charge on any atom is -0.506 e. The highest BCUT2D eigenvalue weighted by molar-refractivity contribution is 6.32. The summed E-state index contributed by atoms with van der Waals surface area (Å²) < 4.78 is 0. The van der Waals surface area contributed by atoms with Crippen molar-refractivity contribution in [3.63, 3.8) is 0 Å². The fourth-order valence-corrected chi connectivity index (χ4v) is 7.12. The van der Waals surface area contributed by atoms with Gasteiger partial charge in [-0.2, -0.15) is 0 Å². The number of H-pyrrole nitrogens is 1. The standard InChI is InChI=1S/C36H23NO15/c38-22-19(27(43)28(44)21-20(22)29(45)35(51)36(52)30(21)46)14-17-15(23(39)31(47)33(49)25(17)41)13(16-18(14)26(42)34(50)32(48)24(16)40)9-5-3-7-11-12(9)8-4-1-2-6-10(8)37-11/h1-7,37-52H. The van der Waals surface area contributed by atoms with Gasteiger partial charge in [-0.05, 0) is 17.7 Å². The first kappa shape index (κ1) is 31.4. The summed E-state index contributed by atoms with van der Waals surface area (Å²) in [5.41, 5.74) is -1.28. The van der Waals surface area contributed by atoms with Gasteiger partial charge in [-0.15, -0.1) is 0 Å². The largest absolute Gasteiger partial charge is 0.506 e. The Morgan fingerprint density at radius 2 is 0.654 bits per heavy atom. The lowest BCUT2D eigenvalue weighted by atomic mass is 9.81. The van der Waals surface area contributed by atoms with E-state index >= 15 is 0 Å². The van der Waals surface area contributed by atoms with Gasteiger partial charge in [-0.25, -0.2) is 0 Å². The van der Waals surface area contributed by atoms with Crippen molar-refractivity contribution in [3.8, 4) is 108 Å². The molecular weight excluding hydrogens is 686 g/mol. The zero-order valence-electron chi connectivity index (χ0n) is 25.7. The maximum atomic E-state index is 11.7. The number of phenols is 15. The highest BCUT2D eigenvalue weighted by Gasteiger charge is 2.37. The normalized spacial score (nSPS) is 11.8. The molecule has 1 aromatic heterocycles. The van der Waals surface area contributed by atoms with Gasteiger partial charge in [0.15, 0.2) is 46.0 Å². The van der Waals surface area contributed by atoms with Gasteiger partial charge in [0.25, 0.3) is 0 Å². The predicted molar refractivity (Wildman–Crippen MR) is 184 cm³/mol. The molecule has 0 saturated carbocycles. The van der Waals surface area contributed by atoms with E-state index in [1.807, 2.05) is 0 Å². The fraction of sp³-hybridized carbons (Fsp3) is 0. The van der Waals surface area contributed by atoms with Crippen molar-refractivity contribution >= 4 is 54.1 Å². The third kappa shape index (κ3) is 3.58. The van der Waals surface area contributed by atoms with Crippen molar-refractivity contribution in [3.05, 3.63) is 42.5 Å². The molecule has 0 spiro atoms. The van der Waals surface area contributed by atoms with Crippen molar-refractivity contribution in [2.45, 2.75) is 0 Å². The summed E-state index contributed by atoms with van der Waals surface area (Å²) in [5, 5.41) is 161. The number of phenolic OH excluding ortho intramolecular Hbond substituents is 15. The van der Waals surface area contributed by atoms with Crippen LogP contribution < -0.4 is 0 Å². The summed E-state index contributed by atoms with van der Waals surface area (Å²) in [6.07, 6.45) is 0. The predicted octanol–water partition coefficient (Wildman–Crippen LogP) is 5.70. The summed E-state index contributed by atoms with van der Waals surface area (Å²) in [6.45, 7) is 0. The summed E-state index contributed by atoms with van der Waals surface area (Å²) in [7, 11) is 0. The Morgan fingerprint density at radius 3 is 1.15 bits per heavy atom. The van der Waals surface area contributed by atoms with Crippen molar-refractivity contribution in [1.82, 2.24) is 4.98 Å².